The first kappa shape index (κ1) is 38.8. The van der Waals surface area contributed by atoms with Gasteiger partial charge in [-0.25, -0.2) is 0 Å². The minimum absolute atomic E-state index is 0.00161. The van der Waals surface area contributed by atoms with Gasteiger partial charge in [0.1, 0.15) is 36.0 Å². The van der Waals surface area contributed by atoms with Gasteiger partial charge in [-0.05, 0) is 81.1 Å². The Hall–Kier alpha value is -4.46. The van der Waals surface area contributed by atoms with Gasteiger partial charge in [0, 0.05) is 60.2 Å². The fourth-order valence-corrected chi connectivity index (χ4v) is 7.18. The Kier molecular flexibility index (Phi) is 14.1. The molecule has 0 spiro atoms. The molecule has 0 amide bonds. The van der Waals surface area contributed by atoms with Gasteiger partial charge >= 0.3 is 6.15 Å². The van der Waals surface area contributed by atoms with Crippen LogP contribution in [0.5, 0.6) is 17.2 Å². The van der Waals surface area contributed by atoms with Gasteiger partial charge in [-0.15, -0.1) is 0 Å². The van der Waals surface area contributed by atoms with Gasteiger partial charge in [0.2, 0.25) is 0 Å². The Morgan fingerprint density at radius 1 is 1.04 bits per heavy atom. The molecule has 1 aliphatic carbocycles. The molecule has 0 unspecified atom stereocenters. The maximum Gasteiger partial charge on any atom is 0.373 e. The molecule has 0 bridgehead atoms. The topological polar surface area (TPSA) is 134 Å². The third-order valence-electron chi connectivity index (χ3n) is 9.28. The summed E-state index contributed by atoms with van der Waals surface area (Å²) in [7, 11) is 2.16. The van der Waals surface area contributed by atoms with Crippen LogP contribution < -0.4 is 19.5 Å². The van der Waals surface area contributed by atoms with Gasteiger partial charge in [0.15, 0.2) is 0 Å². The number of pyridine rings is 1. The molecule has 52 heavy (non-hydrogen) atoms. The fraction of sp³-hybridized carbons (Fsp3) is 0.375. The van der Waals surface area contributed by atoms with Crippen LogP contribution in [0.3, 0.4) is 0 Å². The van der Waals surface area contributed by atoms with Gasteiger partial charge in [-0.3, -0.25) is 4.98 Å². The van der Waals surface area contributed by atoms with E-state index in [0.29, 0.717) is 51.9 Å². The highest BCUT2D eigenvalue weighted by Gasteiger charge is 2.29. The lowest BCUT2D eigenvalue weighted by Crippen LogP contribution is -2.34. The molecule has 3 aromatic carbocycles. The van der Waals surface area contributed by atoms with Crippen molar-refractivity contribution in [2.45, 2.75) is 57.9 Å². The summed E-state index contributed by atoms with van der Waals surface area (Å²) < 4.78 is 19.2. The Morgan fingerprint density at radius 3 is 2.60 bits per heavy atom. The van der Waals surface area contributed by atoms with Crippen molar-refractivity contribution < 1.29 is 28.9 Å². The number of carbonyl (C=O) groups excluding carboxylic acids is 2. The maximum absolute atomic E-state index is 9.54. The maximum atomic E-state index is 9.54. The predicted octanol–water partition coefficient (Wildman–Crippen LogP) is 7.18. The summed E-state index contributed by atoms with van der Waals surface area (Å²) in [5.41, 5.74) is 6.40. The predicted molar refractivity (Wildman–Crippen MR) is 197 cm³/mol. The molecule has 0 saturated carbocycles. The summed E-state index contributed by atoms with van der Waals surface area (Å²) in [6.45, 7) is 5.38. The Balaban J connectivity index is 0.00000168. The molecule has 4 aromatic rings. The number of ether oxygens (including phenoxy) is 3. The van der Waals surface area contributed by atoms with Crippen molar-refractivity contribution in [2.75, 3.05) is 33.4 Å². The molecule has 3 atom stereocenters. The van der Waals surface area contributed by atoms with Gasteiger partial charge in [0.25, 0.3) is 0 Å². The molecule has 12 heteroatoms. The number of nitriles is 1. The quantitative estimate of drug-likeness (QED) is 0.145. The normalized spacial score (nSPS) is 17.2. The first-order valence-corrected chi connectivity index (χ1v) is 18.0. The number of aromatic nitrogens is 1. The van der Waals surface area contributed by atoms with Crippen LogP contribution in [0.25, 0.3) is 11.1 Å². The molecule has 1 saturated heterocycles. The lowest BCUT2D eigenvalue weighted by Gasteiger charge is -2.29. The standard InChI is InChI=1S/C39H42Cl2N4O4.CO2/c1-25(22-46)44-20-29-15-34(40)38(16-37(29)48-24-28-14-27(17-42)18-43-19-28)49-35-12-11-31-30(7-3-8-32(31)35)33-9-4-10-36(39(33)41)47-23-26-6-5-13-45(2)21-26;2-1-3/h3-4,7-10,14-16,18-19,25-26,35,44,46H,5-6,11-13,20-24H2,1-2H3;/t25-,26+,35+;/m1./s1. The highest BCUT2D eigenvalue weighted by molar-refractivity contribution is 6.35. The second-order valence-electron chi connectivity index (χ2n) is 13.1. The van der Waals surface area contributed by atoms with Crippen LogP contribution in [0.1, 0.15) is 60.1 Å². The molecule has 0 radical (unpaired) electrons. The van der Waals surface area contributed by atoms with Crippen molar-refractivity contribution in [3.63, 3.8) is 0 Å². The van der Waals surface area contributed by atoms with Crippen molar-refractivity contribution in [3.05, 3.63) is 105 Å². The lowest BCUT2D eigenvalue weighted by atomic mass is 9.96. The van der Waals surface area contributed by atoms with E-state index < -0.39 is 0 Å². The van der Waals surface area contributed by atoms with Gasteiger partial charge in [-0.1, -0.05) is 53.5 Å². The summed E-state index contributed by atoms with van der Waals surface area (Å²) in [5, 5.41) is 23.2. The third-order valence-corrected chi connectivity index (χ3v) is 9.97. The number of halogens is 2. The number of benzene rings is 3. The van der Waals surface area contributed by atoms with Crippen molar-refractivity contribution in [3.8, 4) is 34.4 Å². The zero-order valence-electron chi connectivity index (χ0n) is 29.2. The van der Waals surface area contributed by atoms with Crippen LogP contribution in [-0.4, -0.2) is 60.5 Å². The average Bonchev–Trinajstić information content (AvgIpc) is 3.57. The number of aliphatic hydroxyl groups is 1. The molecule has 2 N–H and O–H groups in total. The monoisotopic (exact) mass is 744 g/mol. The van der Waals surface area contributed by atoms with E-state index in [2.05, 4.69) is 46.5 Å². The summed E-state index contributed by atoms with van der Waals surface area (Å²) in [6, 6.07) is 19.7. The number of likely N-dealkylation sites (tertiary alicyclic amines) is 1. The molecule has 6 rings (SSSR count). The summed E-state index contributed by atoms with van der Waals surface area (Å²) in [5.74, 6) is 2.32. The second kappa shape index (κ2) is 18.9. The van der Waals surface area contributed by atoms with Crippen LogP contribution >= 0.6 is 23.2 Å². The summed E-state index contributed by atoms with van der Waals surface area (Å²) in [6.07, 6.45) is 7.21. The first-order chi connectivity index (χ1) is 25.2. The van der Waals surface area contributed by atoms with E-state index in [4.69, 9.17) is 47.0 Å². The minimum Gasteiger partial charge on any atom is -0.492 e. The number of fused-ring (bicyclic) bond motifs is 1. The number of nitrogens with one attached hydrogen (secondary N) is 1. The zero-order valence-corrected chi connectivity index (χ0v) is 30.8. The van der Waals surface area contributed by atoms with E-state index in [9.17, 15) is 10.4 Å². The number of nitrogens with zero attached hydrogens (tertiary/aromatic N) is 3. The van der Waals surface area contributed by atoms with Gasteiger partial charge in [0.05, 0.1) is 28.8 Å². The van der Waals surface area contributed by atoms with Crippen molar-refractivity contribution >= 4 is 29.4 Å². The fourth-order valence-electron chi connectivity index (χ4n) is 6.67. The molecule has 1 fully saturated rings. The van der Waals surface area contributed by atoms with Crippen LogP contribution in [-0.2, 0) is 29.2 Å². The number of aliphatic hydroxyl groups excluding tert-OH is 1. The van der Waals surface area contributed by atoms with Crippen LogP contribution in [0.4, 0.5) is 0 Å². The highest BCUT2D eigenvalue weighted by Crippen LogP contribution is 2.45. The SMILES string of the molecule is C[C@H](CO)NCc1cc(Cl)c(O[C@H]2CCc3c(-c4cccc(OC[C@H]5CCCN(C)C5)c4Cl)cccc32)cc1OCc1cncc(C#N)c1.O=C=O. The number of piperidine rings is 1. The number of hydrogen-bond donors (Lipinski definition) is 2. The van der Waals surface area contributed by atoms with Crippen molar-refractivity contribution in [1.29, 1.82) is 5.26 Å². The average molecular weight is 746 g/mol. The number of hydrogen-bond acceptors (Lipinski definition) is 10. The summed E-state index contributed by atoms with van der Waals surface area (Å²) in [4.78, 5) is 22.8. The van der Waals surface area contributed by atoms with E-state index in [1.807, 2.05) is 37.3 Å². The molecule has 10 nitrogen and oxygen atoms in total. The molecular formula is C40H42Cl2N4O6. The molecule has 1 aromatic heterocycles. The van der Waals surface area contributed by atoms with E-state index in [1.54, 1.807) is 12.3 Å². The Bertz CT molecular complexity index is 1910. The van der Waals surface area contributed by atoms with E-state index in [1.165, 1.54) is 24.6 Å². The van der Waals surface area contributed by atoms with Crippen LogP contribution in [0.2, 0.25) is 10.0 Å². The molecule has 272 valence electrons. The smallest absolute Gasteiger partial charge is 0.373 e. The van der Waals surface area contributed by atoms with Crippen molar-refractivity contribution in [1.82, 2.24) is 15.2 Å². The van der Waals surface area contributed by atoms with E-state index in [0.717, 1.165) is 53.7 Å². The third kappa shape index (κ3) is 9.90. The largest absolute Gasteiger partial charge is 0.492 e. The minimum atomic E-state index is -0.211. The zero-order chi connectivity index (χ0) is 37.0. The second-order valence-corrected chi connectivity index (χ2v) is 13.9. The molecule has 1 aliphatic heterocycles. The van der Waals surface area contributed by atoms with Crippen LogP contribution in [0, 0.1) is 17.2 Å². The first-order valence-electron chi connectivity index (χ1n) is 17.3. The molecule has 2 heterocycles. The Labute approximate surface area is 314 Å². The van der Waals surface area contributed by atoms with E-state index in [-0.39, 0.29) is 31.5 Å². The summed E-state index contributed by atoms with van der Waals surface area (Å²) >= 11 is 13.9. The van der Waals surface area contributed by atoms with Gasteiger partial charge < -0.3 is 29.5 Å². The molecular weight excluding hydrogens is 703 g/mol. The van der Waals surface area contributed by atoms with Crippen LogP contribution in [0.15, 0.2) is 67.0 Å². The van der Waals surface area contributed by atoms with Crippen molar-refractivity contribution in [2.24, 2.45) is 5.92 Å². The highest BCUT2D eigenvalue weighted by atomic mass is 35.5. The lowest BCUT2D eigenvalue weighted by molar-refractivity contribution is -0.191. The Morgan fingerprint density at radius 2 is 1.83 bits per heavy atom. The van der Waals surface area contributed by atoms with E-state index >= 15 is 0 Å². The van der Waals surface area contributed by atoms with Gasteiger partial charge in [-0.2, -0.15) is 14.9 Å². The number of rotatable bonds is 13. The molecule has 2 aliphatic rings.